The van der Waals surface area contributed by atoms with E-state index in [0.29, 0.717) is 12.5 Å². The van der Waals surface area contributed by atoms with Crippen LogP contribution < -0.4 is 0 Å². The van der Waals surface area contributed by atoms with Gasteiger partial charge in [-0.1, -0.05) is 0 Å². The summed E-state index contributed by atoms with van der Waals surface area (Å²) in [5.74, 6) is 2.97. The van der Waals surface area contributed by atoms with Crippen molar-refractivity contribution in [3.05, 3.63) is 12.3 Å². The van der Waals surface area contributed by atoms with E-state index in [9.17, 15) is 4.79 Å². The van der Waals surface area contributed by atoms with Crippen molar-refractivity contribution in [2.24, 2.45) is 5.92 Å². The van der Waals surface area contributed by atoms with Crippen molar-refractivity contribution in [3.63, 3.8) is 0 Å². The summed E-state index contributed by atoms with van der Waals surface area (Å²) in [4.78, 5) is 10.8. The smallest absolute Gasteiger partial charge is 0.434 e. The molecule has 0 spiro atoms. The quantitative estimate of drug-likeness (QED) is 0.537. The largest absolute Gasteiger partial charge is 0.513 e. The second-order valence-electron chi connectivity index (χ2n) is 3.08. The number of allylic oxidation sites excluding steroid dienone is 1. The van der Waals surface area contributed by atoms with Crippen molar-refractivity contribution >= 4 is 17.9 Å². The summed E-state index contributed by atoms with van der Waals surface area (Å²) in [6.45, 7) is 2.11. The standard InChI is InChI=1S/C10H16O3S/c1-2-12-10(11)13-6-3-9-4-7-14-8-5-9/h3,6,9H,2,4-5,7-8H2,1H3. The molecular weight excluding hydrogens is 200 g/mol. The average Bonchev–Trinajstić information content (AvgIpc) is 2.20. The molecule has 1 heterocycles. The van der Waals surface area contributed by atoms with Crippen LogP contribution in [0.2, 0.25) is 0 Å². The molecule has 0 unspecified atom stereocenters. The lowest BCUT2D eigenvalue weighted by molar-refractivity contribution is 0.0890. The lowest BCUT2D eigenvalue weighted by Gasteiger charge is -2.16. The summed E-state index contributed by atoms with van der Waals surface area (Å²) in [6, 6.07) is 0. The maximum atomic E-state index is 10.8. The van der Waals surface area contributed by atoms with Crippen molar-refractivity contribution in [2.45, 2.75) is 19.8 Å². The first-order valence-corrected chi connectivity index (χ1v) is 6.06. The molecule has 4 heteroatoms. The van der Waals surface area contributed by atoms with Crippen molar-refractivity contribution in [1.29, 1.82) is 0 Å². The van der Waals surface area contributed by atoms with Crippen LogP contribution in [0.3, 0.4) is 0 Å². The fourth-order valence-corrected chi connectivity index (χ4v) is 2.41. The van der Waals surface area contributed by atoms with Gasteiger partial charge in [0.05, 0.1) is 12.9 Å². The third-order valence-electron chi connectivity index (χ3n) is 2.04. The molecule has 0 radical (unpaired) electrons. The van der Waals surface area contributed by atoms with Gasteiger partial charge >= 0.3 is 6.16 Å². The maximum absolute atomic E-state index is 10.8. The fraction of sp³-hybridized carbons (Fsp3) is 0.700. The van der Waals surface area contributed by atoms with Gasteiger partial charge < -0.3 is 9.47 Å². The number of hydrogen-bond donors (Lipinski definition) is 0. The number of carbonyl (C=O) groups excluding carboxylic acids is 1. The van der Waals surface area contributed by atoms with E-state index in [0.717, 1.165) is 0 Å². The van der Waals surface area contributed by atoms with Gasteiger partial charge in [-0.2, -0.15) is 11.8 Å². The molecule has 0 aromatic rings. The molecule has 0 amide bonds. The molecule has 0 atom stereocenters. The van der Waals surface area contributed by atoms with E-state index < -0.39 is 6.16 Å². The third-order valence-corrected chi connectivity index (χ3v) is 3.09. The minimum Gasteiger partial charge on any atom is -0.434 e. The van der Waals surface area contributed by atoms with Crippen LogP contribution in [0.15, 0.2) is 12.3 Å². The first kappa shape index (κ1) is 11.4. The lowest BCUT2D eigenvalue weighted by Crippen LogP contribution is -2.07. The normalized spacial score (nSPS) is 18.4. The molecule has 1 rings (SSSR count). The number of rotatable bonds is 3. The Morgan fingerprint density at radius 3 is 2.86 bits per heavy atom. The van der Waals surface area contributed by atoms with Crippen LogP contribution in [0.5, 0.6) is 0 Å². The van der Waals surface area contributed by atoms with Gasteiger partial charge in [0.15, 0.2) is 0 Å². The predicted octanol–water partition coefficient (Wildman–Crippen LogP) is 2.82. The molecule has 0 aliphatic carbocycles. The first-order chi connectivity index (χ1) is 6.83. The highest BCUT2D eigenvalue weighted by Crippen LogP contribution is 2.23. The highest BCUT2D eigenvalue weighted by Gasteiger charge is 2.10. The van der Waals surface area contributed by atoms with E-state index in [1.54, 1.807) is 6.92 Å². The topological polar surface area (TPSA) is 35.5 Å². The molecule has 0 N–H and O–H groups in total. The highest BCUT2D eigenvalue weighted by atomic mass is 32.2. The number of carbonyl (C=O) groups is 1. The van der Waals surface area contributed by atoms with E-state index >= 15 is 0 Å². The summed E-state index contributed by atoms with van der Waals surface area (Å²) in [5, 5.41) is 0. The number of hydrogen-bond acceptors (Lipinski definition) is 4. The average molecular weight is 216 g/mol. The van der Waals surface area contributed by atoms with Gasteiger partial charge in [-0.05, 0) is 43.3 Å². The van der Waals surface area contributed by atoms with Crippen LogP contribution in [0.4, 0.5) is 4.79 Å². The van der Waals surface area contributed by atoms with E-state index in [4.69, 9.17) is 4.74 Å². The Kier molecular flexibility index (Phi) is 5.52. The van der Waals surface area contributed by atoms with E-state index in [-0.39, 0.29) is 0 Å². The van der Waals surface area contributed by atoms with Crippen molar-refractivity contribution in [3.8, 4) is 0 Å². The third kappa shape index (κ3) is 4.56. The zero-order valence-corrected chi connectivity index (χ0v) is 9.22. The van der Waals surface area contributed by atoms with E-state index in [1.807, 2.05) is 17.8 Å². The minimum atomic E-state index is -0.617. The van der Waals surface area contributed by atoms with Gasteiger partial charge in [-0.3, -0.25) is 0 Å². The molecule has 3 nitrogen and oxygen atoms in total. The number of thioether (sulfide) groups is 1. The molecule has 0 bridgehead atoms. The molecule has 14 heavy (non-hydrogen) atoms. The van der Waals surface area contributed by atoms with Gasteiger partial charge in [0.1, 0.15) is 0 Å². The summed E-state index contributed by atoms with van der Waals surface area (Å²) in [5.41, 5.74) is 0. The maximum Gasteiger partial charge on any atom is 0.513 e. The van der Waals surface area contributed by atoms with Crippen molar-refractivity contribution < 1.29 is 14.3 Å². The molecule has 1 aliphatic rings. The molecule has 80 valence electrons. The van der Waals surface area contributed by atoms with Crippen LogP contribution in [-0.2, 0) is 9.47 Å². The Morgan fingerprint density at radius 1 is 1.50 bits per heavy atom. The van der Waals surface area contributed by atoms with Crippen LogP contribution >= 0.6 is 11.8 Å². The molecule has 0 aromatic carbocycles. The van der Waals surface area contributed by atoms with Crippen LogP contribution in [0.25, 0.3) is 0 Å². The molecule has 1 aliphatic heterocycles. The van der Waals surface area contributed by atoms with Crippen molar-refractivity contribution in [1.82, 2.24) is 0 Å². The molecular formula is C10H16O3S. The van der Waals surface area contributed by atoms with E-state index in [1.165, 1.54) is 30.6 Å². The minimum absolute atomic E-state index is 0.354. The van der Waals surface area contributed by atoms with Crippen LogP contribution in [0, 0.1) is 5.92 Å². The SMILES string of the molecule is CCOC(=O)OC=CC1CCSCC1. The summed E-state index contributed by atoms with van der Waals surface area (Å²) >= 11 is 1.98. The second kappa shape index (κ2) is 6.76. The van der Waals surface area contributed by atoms with Gasteiger partial charge in [0, 0.05) is 0 Å². The Morgan fingerprint density at radius 2 is 2.21 bits per heavy atom. The van der Waals surface area contributed by atoms with E-state index in [2.05, 4.69) is 4.74 Å². The number of ether oxygens (including phenoxy) is 2. The zero-order valence-electron chi connectivity index (χ0n) is 8.40. The van der Waals surface area contributed by atoms with Crippen LogP contribution in [-0.4, -0.2) is 24.3 Å². The van der Waals surface area contributed by atoms with Crippen molar-refractivity contribution in [2.75, 3.05) is 18.1 Å². The molecule has 0 aromatic heterocycles. The summed E-state index contributed by atoms with van der Waals surface area (Å²) in [6.07, 6.45) is 5.14. The van der Waals surface area contributed by atoms with Gasteiger partial charge in [0.2, 0.25) is 0 Å². The monoisotopic (exact) mass is 216 g/mol. The Labute approximate surface area is 88.8 Å². The van der Waals surface area contributed by atoms with Gasteiger partial charge in [-0.15, -0.1) is 0 Å². The summed E-state index contributed by atoms with van der Waals surface area (Å²) < 4.78 is 9.35. The second-order valence-corrected chi connectivity index (χ2v) is 4.30. The van der Waals surface area contributed by atoms with Crippen LogP contribution in [0.1, 0.15) is 19.8 Å². The molecule has 0 saturated carbocycles. The summed E-state index contributed by atoms with van der Waals surface area (Å²) in [7, 11) is 0. The zero-order chi connectivity index (χ0) is 10.2. The Balaban J connectivity index is 2.15. The molecule has 1 fully saturated rings. The first-order valence-electron chi connectivity index (χ1n) is 4.90. The Bertz CT molecular complexity index is 198. The fourth-order valence-electron chi connectivity index (χ4n) is 1.27. The predicted molar refractivity (Wildman–Crippen MR) is 57.3 cm³/mol. The lowest BCUT2D eigenvalue weighted by atomic mass is 10.0. The highest BCUT2D eigenvalue weighted by molar-refractivity contribution is 7.99. The van der Waals surface area contributed by atoms with Gasteiger partial charge in [-0.25, -0.2) is 4.79 Å². The van der Waals surface area contributed by atoms with Gasteiger partial charge in [0.25, 0.3) is 0 Å². The molecule has 1 saturated heterocycles. The Hall–Kier alpha value is -0.640.